The van der Waals surface area contributed by atoms with Crippen molar-refractivity contribution in [1.82, 2.24) is 19.9 Å². The predicted octanol–water partition coefficient (Wildman–Crippen LogP) is 3.59. The van der Waals surface area contributed by atoms with E-state index in [1.165, 1.54) is 11.3 Å². The molecular weight excluding hydrogens is 434 g/mol. The molecule has 2 fully saturated rings. The number of nitrogens with zero attached hydrogens (tertiary/aromatic N) is 4. The molecule has 3 aromatic heterocycles. The van der Waals surface area contributed by atoms with Crippen molar-refractivity contribution in [3.63, 3.8) is 0 Å². The number of aromatic nitrogens is 3. The molecule has 3 aromatic rings. The van der Waals surface area contributed by atoms with E-state index in [1.807, 2.05) is 24.1 Å². The summed E-state index contributed by atoms with van der Waals surface area (Å²) in [6, 6.07) is 3.17. The highest BCUT2D eigenvalue weighted by molar-refractivity contribution is 7.16. The van der Waals surface area contributed by atoms with Crippen LogP contribution < -0.4 is 5.32 Å². The molecule has 5 rings (SSSR count). The molecule has 1 amide bonds. The van der Waals surface area contributed by atoms with Gasteiger partial charge in [-0.25, -0.2) is 15.0 Å². The van der Waals surface area contributed by atoms with Crippen LogP contribution >= 0.6 is 22.7 Å². The van der Waals surface area contributed by atoms with E-state index in [0.29, 0.717) is 37.4 Å². The number of nitrogens with one attached hydrogen (secondary N) is 1. The Kier molecular flexibility index (Phi) is 5.28. The standard InChI is InChI=1S/C21H21N5O3S2/c1-11-19(31-12(2)23-11)17-10-30-21(24-17)25-18-4-3-13(7-22-18)20(28)26-14-5-16(27)6-15(26)9-29-8-14/h3-4,7,10,14-15H,5-6,8-9H2,1-2H3,(H,22,24,25). The maximum atomic E-state index is 13.1. The smallest absolute Gasteiger partial charge is 0.256 e. The minimum atomic E-state index is -0.183. The first-order valence-corrected chi connectivity index (χ1v) is 11.7. The molecule has 10 heteroatoms. The van der Waals surface area contributed by atoms with Gasteiger partial charge in [-0.3, -0.25) is 9.59 Å². The van der Waals surface area contributed by atoms with Gasteiger partial charge in [0, 0.05) is 24.4 Å². The van der Waals surface area contributed by atoms with E-state index in [1.54, 1.807) is 29.7 Å². The predicted molar refractivity (Wildman–Crippen MR) is 119 cm³/mol. The normalized spacial score (nSPS) is 20.7. The minimum absolute atomic E-state index is 0.0996. The second-order valence-corrected chi connectivity index (χ2v) is 9.81. The van der Waals surface area contributed by atoms with Crippen molar-refractivity contribution in [1.29, 1.82) is 0 Å². The van der Waals surface area contributed by atoms with Crippen LogP contribution in [0.15, 0.2) is 23.7 Å². The summed E-state index contributed by atoms with van der Waals surface area (Å²) in [7, 11) is 0. The Labute approximate surface area is 187 Å². The third-order valence-corrected chi connectivity index (χ3v) is 7.31. The van der Waals surface area contributed by atoms with Crippen molar-refractivity contribution in [2.24, 2.45) is 0 Å². The monoisotopic (exact) mass is 455 g/mol. The third kappa shape index (κ3) is 3.98. The molecule has 0 spiro atoms. The summed E-state index contributed by atoms with van der Waals surface area (Å²) in [6.45, 7) is 4.79. The number of morpholine rings is 1. The fourth-order valence-corrected chi connectivity index (χ4v) is 5.77. The molecule has 0 saturated carbocycles. The van der Waals surface area contributed by atoms with Crippen LogP contribution in [0.1, 0.15) is 33.9 Å². The fourth-order valence-electron chi connectivity index (χ4n) is 4.11. The van der Waals surface area contributed by atoms with Crippen LogP contribution in [0.4, 0.5) is 10.9 Å². The van der Waals surface area contributed by atoms with Crippen LogP contribution in [0.3, 0.4) is 0 Å². The Morgan fingerprint density at radius 2 is 1.97 bits per heavy atom. The van der Waals surface area contributed by atoms with Crippen LogP contribution in [0.2, 0.25) is 0 Å². The number of anilines is 2. The maximum Gasteiger partial charge on any atom is 0.256 e. The highest BCUT2D eigenvalue weighted by Gasteiger charge is 2.41. The van der Waals surface area contributed by atoms with Gasteiger partial charge >= 0.3 is 0 Å². The van der Waals surface area contributed by atoms with Crippen molar-refractivity contribution >= 4 is 45.3 Å². The number of ether oxygens (including phenoxy) is 1. The van der Waals surface area contributed by atoms with Crippen LogP contribution in [0.5, 0.6) is 0 Å². The number of thiazole rings is 2. The van der Waals surface area contributed by atoms with Crippen molar-refractivity contribution < 1.29 is 14.3 Å². The zero-order chi connectivity index (χ0) is 21.5. The van der Waals surface area contributed by atoms with E-state index < -0.39 is 0 Å². The largest absolute Gasteiger partial charge is 0.377 e. The summed E-state index contributed by atoms with van der Waals surface area (Å²) in [5.74, 6) is 0.718. The van der Waals surface area contributed by atoms with Crippen molar-refractivity contribution in [2.75, 3.05) is 18.5 Å². The van der Waals surface area contributed by atoms with E-state index in [4.69, 9.17) is 4.74 Å². The Morgan fingerprint density at radius 3 is 2.61 bits per heavy atom. The second kappa shape index (κ2) is 8.10. The summed E-state index contributed by atoms with van der Waals surface area (Å²) >= 11 is 3.13. The van der Waals surface area contributed by atoms with E-state index in [-0.39, 0.29) is 23.8 Å². The Morgan fingerprint density at radius 1 is 1.19 bits per heavy atom. The van der Waals surface area contributed by atoms with Gasteiger partial charge in [-0.1, -0.05) is 0 Å². The quantitative estimate of drug-likeness (QED) is 0.642. The van der Waals surface area contributed by atoms with Gasteiger partial charge in [0.2, 0.25) is 0 Å². The van der Waals surface area contributed by atoms with Crippen molar-refractivity contribution in [2.45, 2.75) is 38.8 Å². The molecule has 160 valence electrons. The molecule has 2 aliphatic rings. The van der Waals surface area contributed by atoms with Gasteiger partial charge in [-0.15, -0.1) is 22.7 Å². The van der Waals surface area contributed by atoms with Gasteiger partial charge in [0.1, 0.15) is 11.6 Å². The molecule has 31 heavy (non-hydrogen) atoms. The second-order valence-electron chi connectivity index (χ2n) is 7.75. The highest BCUT2D eigenvalue weighted by Crippen LogP contribution is 2.33. The number of pyridine rings is 1. The summed E-state index contributed by atoms with van der Waals surface area (Å²) in [5, 5.41) is 6.95. The van der Waals surface area contributed by atoms with Gasteiger partial charge < -0.3 is 15.0 Å². The first-order chi connectivity index (χ1) is 15.0. The van der Waals surface area contributed by atoms with Gasteiger partial charge in [0.25, 0.3) is 5.91 Å². The highest BCUT2D eigenvalue weighted by atomic mass is 32.1. The molecule has 0 aromatic carbocycles. The van der Waals surface area contributed by atoms with Gasteiger partial charge in [-0.2, -0.15) is 0 Å². The number of hydrogen-bond acceptors (Lipinski definition) is 9. The first kappa shape index (κ1) is 20.2. The molecule has 2 saturated heterocycles. The van der Waals surface area contributed by atoms with Crippen molar-refractivity contribution in [3.8, 4) is 10.6 Å². The number of carbonyl (C=O) groups is 2. The zero-order valence-electron chi connectivity index (χ0n) is 17.1. The lowest BCUT2D eigenvalue weighted by atomic mass is 9.92. The molecule has 2 atom stereocenters. The average molecular weight is 456 g/mol. The number of hydrogen-bond donors (Lipinski definition) is 1. The molecular formula is C21H21N5O3S2. The summed E-state index contributed by atoms with van der Waals surface area (Å²) in [5.41, 5.74) is 2.39. The Bertz CT molecular complexity index is 1120. The lowest BCUT2D eigenvalue weighted by Crippen LogP contribution is -2.59. The number of carbonyl (C=O) groups excluding carboxylic acids is 2. The van der Waals surface area contributed by atoms with Crippen LogP contribution in [0.25, 0.3) is 10.6 Å². The molecule has 0 radical (unpaired) electrons. The topological polar surface area (TPSA) is 97.3 Å². The first-order valence-electron chi connectivity index (χ1n) is 10.0. The van der Waals surface area contributed by atoms with Gasteiger partial charge in [-0.05, 0) is 26.0 Å². The summed E-state index contributed by atoms with van der Waals surface area (Å²) in [4.78, 5) is 41.3. The Hall–Kier alpha value is -2.69. The molecule has 2 unspecified atom stereocenters. The van der Waals surface area contributed by atoms with Gasteiger partial charge in [0.05, 0.1) is 52.1 Å². The Balaban J connectivity index is 1.29. The zero-order valence-corrected chi connectivity index (χ0v) is 18.8. The number of fused-ring (bicyclic) bond motifs is 2. The van der Waals surface area contributed by atoms with E-state index in [9.17, 15) is 9.59 Å². The lowest BCUT2D eigenvalue weighted by Gasteiger charge is -2.45. The molecule has 8 nitrogen and oxygen atoms in total. The molecule has 2 bridgehead atoms. The third-order valence-electron chi connectivity index (χ3n) is 5.45. The van der Waals surface area contributed by atoms with E-state index >= 15 is 0 Å². The SMILES string of the molecule is Cc1nc(C)c(-c2csc(Nc3ccc(C(=O)N4C5COCC4CC(=O)C5)cn3)n2)s1. The summed E-state index contributed by atoms with van der Waals surface area (Å²) in [6.07, 6.45) is 2.30. The number of piperidine rings is 1. The number of rotatable bonds is 4. The molecule has 5 heterocycles. The number of Topliss-reactive ketones (excluding diaryl/α,β-unsaturated/α-hetero) is 1. The molecule has 2 aliphatic heterocycles. The van der Waals surface area contributed by atoms with Crippen LogP contribution in [-0.4, -0.2) is 56.8 Å². The summed E-state index contributed by atoms with van der Waals surface area (Å²) < 4.78 is 5.55. The van der Waals surface area contributed by atoms with Crippen LogP contribution in [0, 0.1) is 13.8 Å². The van der Waals surface area contributed by atoms with Gasteiger partial charge in [0.15, 0.2) is 5.13 Å². The van der Waals surface area contributed by atoms with Crippen LogP contribution in [-0.2, 0) is 9.53 Å². The molecule has 1 N–H and O–H groups in total. The van der Waals surface area contributed by atoms with E-state index in [0.717, 1.165) is 26.4 Å². The number of amides is 1. The minimum Gasteiger partial charge on any atom is -0.377 e. The average Bonchev–Trinajstić information content (AvgIpc) is 3.32. The number of ketones is 1. The number of aryl methyl sites for hydroxylation is 2. The van der Waals surface area contributed by atoms with Crippen molar-refractivity contribution in [3.05, 3.63) is 40.0 Å². The van der Waals surface area contributed by atoms with E-state index in [2.05, 4.69) is 20.3 Å². The maximum absolute atomic E-state index is 13.1. The lowest BCUT2D eigenvalue weighted by molar-refractivity contribution is -0.131. The molecule has 0 aliphatic carbocycles. The fraction of sp³-hybridized carbons (Fsp3) is 0.381.